The van der Waals surface area contributed by atoms with Gasteiger partial charge in [0.25, 0.3) is 5.69 Å². The number of amides is 1. The van der Waals surface area contributed by atoms with Crippen molar-refractivity contribution in [3.8, 4) is 0 Å². The van der Waals surface area contributed by atoms with Gasteiger partial charge in [0.15, 0.2) is 0 Å². The predicted molar refractivity (Wildman–Crippen MR) is 89.1 cm³/mol. The average molecular weight is 321 g/mol. The van der Waals surface area contributed by atoms with Crippen LogP contribution in [0.2, 0.25) is 0 Å². The number of hydrogen-bond donors (Lipinski definition) is 0. The van der Waals surface area contributed by atoms with Gasteiger partial charge in [-0.2, -0.15) is 0 Å². The second-order valence-corrected chi connectivity index (χ2v) is 5.30. The number of carbonyl (C=O) groups is 1. The summed E-state index contributed by atoms with van der Waals surface area (Å²) in [6.07, 6.45) is 3.13. The lowest BCUT2D eigenvalue weighted by Crippen LogP contribution is -2.37. The molecule has 7 nitrogen and oxygen atoms in total. The van der Waals surface area contributed by atoms with Crippen LogP contribution in [0.3, 0.4) is 0 Å². The van der Waals surface area contributed by atoms with Gasteiger partial charge in [0.05, 0.1) is 11.5 Å². The smallest absolute Gasteiger partial charge is 0.269 e. The van der Waals surface area contributed by atoms with E-state index in [-0.39, 0.29) is 11.6 Å². The van der Waals surface area contributed by atoms with Crippen LogP contribution in [0.5, 0.6) is 0 Å². The van der Waals surface area contributed by atoms with E-state index in [1.807, 2.05) is 19.0 Å². The Morgan fingerprint density at radius 3 is 2.39 bits per heavy atom. The number of likely N-dealkylation sites (N-methyl/N-ethyl adjacent to an activating group) is 1. The minimum Gasteiger partial charge on any atom is -0.383 e. The first-order valence-electron chi connectivity index (χ1n) is 7.29. The normalized spacial score (nSPS) is 11.1. The van der Waals surface area contributed by atoms with E-state index in [0.29, 0.717) is 19.7 Å². The van der Waals surface area contributed by atoms with Crippen LogP contribution in [0.25, 0.3) is 6.08 Å². The summed E-state index contributed by atoms with van der Waals surface area (Å²) in [5.74, 6) is -0.109. The third-order valence-electron chi connectivity index (χ3n) is 3.22. The molecule has 0 aliphatic heterocycles. The van der Waals surface area contributed by atoms with Crippen molar-refractivity contribution in [2.75, 3.05) is 47.4 Å². The maximum atomic E-state index is 12.3. The van der Waals surface area contributed by atoms with Gasteiger partial charge in [0.1, 0.15) is 0 Å². The van der Waals surface area contributed by atoms with Gasteiger partial charge >= 0.3 is 0 Å². The molecule has 1 aromatic rings. The topological polar surface area (TPSA) is 75.9 Å². The third kappa shape index (κ3) is 7.03. The van der Waals surface area contributed by atoms with E-state index in [0.717, 1.165) is 12.1 Å². The molecule has 0 aliphatic carbocycles. The van der Waals surface area contributed by atoms with Crippen molar-refractivity contribution in [1.82, 2.24) is 9.80 Å². The van der Waals surface area contributed by atoms with E-state index in [1.54, 1.807) is 30.2 Å². The van der Waals surface area contributed by atoms with Crippen LogP contribution >= 0.6 is 0 Å². The number of hydrogen-bond acceptors (Lipinski definition) is 5. The summed E-state index contributed by atoms with van der Waals surface area (Å²) in [6.45, 7) is 2.37. The van der Waals surface area contributed by atoms with Crippen LogP contribution < -0.4 is 0 Å². The van der Waals surface area contributed by atoms with E-state index in [9.17, 15) is 14.9 Å². The van der Waals surface area contributed by atoms with Crippen LogP contribution in [-0.4, -0.2) is 68.1 Å². The lowest BCUT2D eigenvalue weighted by Gasteiger charge is -2.22. The number of non-ortho nitro benzene ring substituents is 1. The summed E-state index contributed by atoms with van der Waals surface area (Å²) in [5.41, 5.74) is 0.768. The summed E-state index contributed by atoms with van der Waals surface area (Å²) >= 11 is 0. The fourth-order valence-corrected chi connectivity index (χ4v) is 1.83. The Kier molecular flexibility index (Phi) is 7.93. The molecule has 0 aliphatic rings. The molecule has 0 saturated carbocycles. The molecule has 0 N–H and O–H groups in total. The van der Waals surface area contributed by atoms with Crippen molar-refractivity contribution in [2.45, 2.75) is 0 Å². The molecule has 0 spiro atoms. The molecule has 0 atom stereocenters. The molecule has 126 valence electrons. The first-order valence-corrected chi connectivity index (χ1v) is 7.29. The molecule has 7 heteroatoms. The number of nitro groups is 1. The van der Waals surface area contributed by atoms with Crippen LogP contribution in [-0.2, 0) is 9.53 Å². The Morgan fingerprint density at radius 1 is 1.22 bits per heavy atom. The minimum atomic E-state index is -0.452. The predicted octanol–water partition coefficient (Wildman–Crippen LogP) is 1.64. The molecule has 0 saturated heterocycles. The van der Waals surface area contributed by atoms with Gasteiger partial charge in [0.2, 0.25) is 5.91 Å². The largest absolute Gasteiger partial charge is 0.383 e. The molecule has 0 radical (unpaired) electrons. The SMILES string of the molecule is COCCN(CCN(C)C)C(=O)C=Cc1ccc([N+](=O)[O-])cc1. The summed E-state index contributed by atoms with van der Waals surface area (Å²) in [6, 6.07) is 6.06. The van der Waals surface area contributed by atoms with Crippen molar-refractivity contribution in [3.05, 3.63) is 46.0 Å². The average Bonchev–Trinajstić information content (AvgIpc) is 2.52. The monoisotopic (exact) mass is 321 g/mol. The fourth-order valence-electron chi connectivity index (χ4n) is 1.83. The summed E-state index contributed by atoms with van der Waals surface area (Å²) < 4.78 is 5.03. The summed E-state index contributed by atoms with van der Waals surface area (Å²) in [7, 11) is 5.50. The highest BCUT2D eigenvalue weighted by Crippen LogP contribution is 2.13. The summed E-state index contributed by atoms with van der Waals surface area (Å²) in [5, 5.41) is 10.6. The molecular weight excluding hydrogens is 298 g/mol. The zero-order valence-corrected chi connectivity index (χ0v) is 13.8. The quantitative estimate of drug-likeness (QED) is 0.393. The second kappa shape index (κ2) is 9.70. The molecule has 1 rings (SSSR count). The molecule has 1 aromatic carbocycles. The van der Waals surface area contributed by atoms with Gasteiger partial charge in [-0.25, -0.2) is 0 Å². The Labute approximate surface area is 136 Å². The minimum absolute atomic E-state index is 0.0289. The first-order chi connectivity index (χ1) is 10.9. The van der Waals surface area contributed by atoms with Crippen molar-refractivity contribution < 1.29 is 14.5 Å². The van der Waals surface area contributed by atoms with Crippen molar-refractivity contribution in [2.24, 2.45) is 0 Å². The van der Waals surface area contributed by atoms with Crippen molar-refractivity contribution in [3.63, 3.8) is 0 Å². The van der Waals surface area contributed by atoms with Gasteiger partial charge in [0, 0.05) is 45.0 Å². The van der Waals surface area contributed by atoms with Crippen LogP contribution in [0.15, 0.2) is 30.3 Å². The molecule has 0 bridgehead atoms. The van der Waals surface area contributed by atoms with Gasteiger partial charge in [-0.3, -0.25) is 14.9 Å². The summed E-state index contributed by atoms with van der Waals surface area (Å²) in [4.78, 5) is 26.1. The highest BCUT2D eigenvalue weighted by atomic mass is 16.6. The highest BCUT2D eigenvalue weighted by molar-refractivity contribution is 5.91. The highest BCUT2D eigenvalue weighted by Gasteiger charge is 2.10. The molecule has 23 heavy (non-hydrogen) atoms. The maximum absolute atomic E-state index is 12.3. The molecule has 0 heterocycles. The standard InChI is InChI=1S/C16H23N3O4/c1-17(2)10-11-18(12-13-23-3)16(20)9-6-14-4-7-15(8-5-14)19(21)22/h4-9H,10-13H2,1-3H3. The number of carbonyl (C=O) groups excluding carboxylic acids is 1. The van der Waals surface area contributed by atoms with E-state index >= 15 is 0 Å². The third-order valence-corrected chi connectivity index (χ3v) is 3.22. The number of ether oxygens (including phenoxy) is 1. The number of benzene rings is 1. The number of nitrogens with zero attached hydrogens (tertiary/aromatic N) is 3. The number of methoxy groups -OCH3 is 1. The van der Waals surface area contributed by atoms with Crippen molar-refractivity contribution in [1.29, 1.82) is 0 Å². The van der Waals surface area contributed by atoms with Gasteiger partial charge in [-0.05, 0) is 37.9 Å². The Hall–Kier alpha value is -2.25. The molecular formula is C16H23N3O4. The molecule has 0 aromatic heterocycles. The maximum Gasteiger partial charge on any atom is 0.269 e. The fraction of sp³-hybridized carbons (Fsp3) is 0.438. The lowest BCUT2D eigenvalue weighted by atomic mass is 10.2. The second-order valence-electron chi connectivity index (χ2n) is 5.30. The zero-order valence-electron chi connectivity index (χ0n) is 13.8. The Morgan fingerprint density at radius 2 is 1.87 bits per heavy atom. The van der Waals surface area contributed by atoms with Crippen LogP contribution in [0.1, 0.15) is 5.56 Å². The lowest BCUT2D eigenvalue weighted by molar-refractivity contribution is -0.384. The molecule has 1 amide bonds. The van der Waals surface area contributed by atoms with E-state index in [2.05, 4.69) is 0 Å². The van der Waals surface area contributed by atoms with E-state index in [4.69, 9.17) is 4.74 Å². The van der Waals surface area contributed by atoms with Crippen molar-refractivity contribution >= 4 is 17.7 Å². The van der Waals surface area contributed by atoms with Crippen LogP contribution in [0, 0.1) is 10.1 Å². The number of nitro benzene ring substituents is 1. The first kappa shape index (κ1) is 18.8. The Bertz CT molecular complexity index is 541. The molecule has 0 fully saturated rings. The Balaban J connectivity index is 2.69. The molecule has 0 unspecified atom stereocenters. The van der Waals surface area contributed by atoms with Gasteiger partial charge in [-0.1, -0.05) is 0 Å². The van der Waals surface area contributed by atoms with E-state index < -0.39 is 4.92 Å². The van der Waals surface area contributed by atoms with Crippen LogP contribution in [0.4, 0.5) is 5.69 Å². The van der Waals surface area contributed by atoms with Gasteiger partial charge < -0.3 is 14.5 Å². The zero-order chi connectivity index (χ0) is 17.2. The van der Waals surface area contributed by atoms with E-state index in [1.165, 1.54) is 18.2 Å². The van der Waals surface area contributed by atoms with Gasteiger partial charge in [-0.15, -0.1) is 0 Å². The number of rotatable bonds is 9.